The summed E-state index contributed by atoms with van der Waals surface area (Å²) in [5.41, 5.74) is -2.03. The van der Waals surface area contributed by atoms with Gasteiger partial charge in [0.05, 0.1) is 6.61 Å². The Morgan fingerprint density at radius 1 is 0.780 bits per heavy atom. The van der Waals surface area contributed by atoms with E-state index in [1.54, 1.807) is 0 Å². The van der Waals surface area contributed by atoms with Crippen LogP contribution in [0.5, 0.6) is 5.75 Å². The minimum absolute atomic E-state index is 0.0186. The van der Waals surface area contributed by atoms with Gasteiger partial charge >= 0.3 is 6.18 Å². The van der Waals surface area contributed by atoms with Gasteiger partial charge in [-0.15, -0.1) is 0 Å². The van der Waals surface area contributed by atoms with Gasteiger partial charge in [-0.1, -0.05) is 78.1 Å². The first-order valence-corrected chi connectivity index (χ1v) is 16.7. The lowest BCUT2D eigenvalue weighted by molar-refractivity contribution is -0.140. The Kier molecular flexibility index (Phi) is 12.0. The smallest absolute Gasteiger partial charge is 0.420 e. The van der Waals surface area contributed by atoms with Crippen molar-refractivity contribution in [3.8, 4) is 5.75 Å². The first-order valence-electron chi connectivity index (χ1n) is 16.7. The average molecular weight is 581 g/mol. The van der Waals surface area contributed by atoms with Crippen LogP contribution in [0, 0.1) is 41.3 Å². The molecule has 0 radical (unpaired) electrons. The fourth-order valence-electron chi connectivity index (χ4n) is 8.18. The predicted octanol–water partition coefficient (Wildman–Crippen LogP) is 11.2. The Balaban J connectivity index is 1.25. The molecule has 3 aliphatic rings. The number of hydrogen-bond donors (Lipinski definition) is 0. The van der Waals surface area contributed by atoms with E-state index in [1.165, 1.54) is 57.4 Å². The summed E-state index contributed by atoms with van der Waals surface area (Å²) in [5.74, 6) is 1.59. The standard InChI is InChI=1S/C35H52F4O2/c1-3-6-25-13-17-28(18-14-25)29-19-15-26(16-20-29)7-5-8-31(40)30-21-22-32(34(36)33(30)35(37,38)39)41-23-27-11-9-24(4-2)10-12-27/h21-22,24-29H,3-20,23H2,1-2H3. The van der Waals surface area contributed by atoms with Gasteiger partial charge in [0.2, 0.25) is 0 Å². The molecule has 3 aliphatic carbocycles. The summed E-state index contributed by atoms with van der Waals surface area (Å²) in [6.45, 7) is 4.66. The van der Waals surface area contributed by atoms with Crippen LogP contribution < -0.4 is 4.74 Å². The maximum atomic E-state index is 15.1. The Hall–Kier alpha value is -1.59. The van der Waals surface area contributed by atoms with E-state index < -0.39 is 34.7 Å². The highest BCUT2D eigenvalue weighted by Crippen LogP contribution is 2.43. The van der Waals surface area contributed by atoms with Crippen molar-refractivity contribution < 1.29 is 27.1 Å². The van der Waals surface area contributed by atoms with Crippen molar-refractivity contribution in [1.29, 1.82) is 0 Å². The van der Waals surface area contributed by atoms with Crippen LogP contribution in [0.15, 0.2) is 12.1 Å². The maximum Gasteiger partial charge on any atom is 0.420 e. The van der Waals surface area contributed by atoms with Crippen LogP contribution in [0.4, 0.5) is 17.6 Å². The van der Waals surface area contributed by atoms with Gasteiger partial charge in [-0.3, -0.25) is 4.79 Å². The van der Waals surface area contributed by atoms with Crippen LogP contribution >= 0.6 is 0 Å². The summed E-state index contributed by atoms with van der Waals surface area (Å²) < 4.78 is 62.5. The molecule has 3 saturated carbocycles. The fraction of sp³-hybridized carbons (Fsp3) is 0.800. The Labute approximate surface area is 245 Å². The number of halogens is 4. The number of carbonyl (C=O) groups is 1. The molecule has 1 aromatic carbocycles. The van der Waals surface area contributed by atoms with E-state index in [0.29, 0.717) is 18.3 Å². The van der Waals surface area contributed by atoms with Gasteiger partial charge in [0.15, 0.2) is 17.3 Å². The number of rotatable bonds is 12. The first kappa shape index (κ1) is 32.3. The lowest BCUT2D eigenvalue weighted by atomic mass is 9.68. The average Bonchev–Trinajstić information content (AvgIpc) is 2.97. The number of ether oxygens (including phenoxy) is 1. The maximum absolute atomic E-state index is 15.1. The third-order valence-corrected chi connectivity index (χ3v) is 10.9. The molecule has 0 aliphatic heterocycles. The topological polar surface area (TPSA) is 26.3 Å². The van der Waals surface area contributed by atoms with Crippen LogP contribution in [0.25, 0.3) is 0 Å². The van der Waals surface area contributed by atoms with E-state index in [-0.39, 0.29) is 18.9 Å². The summed E-state index contributed by atoms with van der Waals surface area (Å²) in [4.78, 5) is 12.9. The molecule has 0 spiro atoms. The van der Waals surface area contributed by atoms with Crippen LogP contribution in [0.3, 0.4) is 0 Å². The zero-order valence-corrected chi connectivity index (χ0v) is 25.4. The predicted molar refractivity (Wildman–Crippen MR) is 157 cm³/mol. The second kappa shape index (κ2) is 15.2. The summed E-state index contributed by atoms with van der Waals surface area (Å²) in [5, 5.41) is 0. The molecule has 0 saturated heterocycles. The summed E-state index contributed by atoms with van der Waals surface area (Å²) >= 11 is 0. The molecule has 3 fully saturated rings. The molecular weight excluding hydrogens is 528 g/mol. The highest BCUT2D eigenvalue weighted by atomic mass is 19.4. The van der Waals surface area contributed by atoms with Crippen molar-refractivity contribution in [3.05, 3.63) is 29.1 Å². The number of hydrogen-bond acceptors (Lipinski definition) is 2. The molecule has 2 nitrogen and oxygen atoms in total. The van der Waals surface area contributed by atoms with Crippen molar-refractivity contribution >= 4 is 5.78 Å². The molecule has 1 aromatic rings. The molecule has 0 N–H and O–H groups in total. The molecule has 0 unspecified atom stereocenters. The summed E-state index contributed by atoms with van der Waals surface area (Å²) in [6.07, 6.45) is 14.6. The van der Waals surface area contributed by atoms with Crippen molar-refractivity contribution in [1.82, 2.24) is 0 Å². The van der Waals surface area contributed by atoms with E-state index in [1.807, 2.05) is 0 Å². The number of ketones is 1. The van der Waals surface area contributed by atoms with Crippen LogP contribution in [-0.4, -0.2) is 12.4 Å². The Morgan fingerprint density at radius 3 is 1.85 bits per heavy atom. The largest absolute Gasteiger partial charge is 0.490 e. The molecule has 0 bridgehead atoms. The zero-order chi connectivity index (χ0) is 29.4. The molecule has 6 heteroatoms. The molecule has 41 heavy (non-hydrogen) atoms. The van der Waals surface area contributed by atoms with Gasteiger partial charge in [0.25, 0.3) is 0 Å². The van der Waals surface area contributed by atoms with Gasteiger partial charge in [-0.05, 0) is 92.6 Å². The van der Waals surface area contributed by atoms with Gasteiger partial charge in [-0.2, -0.15) is 13.2 Å². The molecule has 4 rings (SSSR count). The molecule has 232 valence electrons. The Bertz CT molecular complexity index is 950. The number of carbonyl (C=O) groups excluding carboxylic acids is 1. The van der Waals surface area contributed by atoms with Crippen molar-refractivity contribution in [3.63, 3.8) is 0 Å². The third-order valence-electron chi connectivity index (χ3n) is 10.9. The minimum atomic E-state index is -4.96. The highest BCUT2D eigenvalue weighted by molar-refractivity contribution is 5.97. The SMILES string of the molecule is CCCC1CCC(C2CCC(CCCC(=O)c3ccc(OCC4CCC(CC)CC4)c(F)c3C(F)(F)F)CC2)CC1. The second-order valence-electron chi connectivity index (χ2n) is 13.6. The lowest BCUT2D eigenvalue weighted by Gasteiger charge is -2.38. The number of Topliss-reactive ketones (excluding diaryl/α,β-unsaturated/α-hetero) is 1. The Morgan fingerprint density at radius 2 is 1.32 bits per heavy atom. The molecule has 0 aromatic heterocycles. The monoisotopic (exact) mass is 580 g/mol. The summed E-state index contributed by atoms with van der Waals surface area (Å²) in [6, 6.07) is 2.34. The number of alkyl halides is 3. The van der Waals surface area contributed by atoms with E-state index in [2.05, 4.69) is 13.8 Å². The van der Waals surface area contributed by atoms with Crippen molar-refractivity contribution in [2.45, 2.75) is 136 Å². The number of benzene rings is 1. The molecule has 0 amide bonds. The zero-order valence-electron chi connectivity index (χ0n) is 25.4. The van der Waals surface area contributed by atoms with Crippen molar-refractivity contribution in [2.24, 2.45) is 35.5 Å². The van der Waals surface area contributed by atoms with E-state index in [4.69, 9.17) is 4.74 Å². The second-order valence-corrected chi connectivity index (χ2v) is 13.6. The molecular formula is C35H52F4O2. The minimum Gasteiger partial charge on any atom is -0.490 e. The fourth-order valence-corrected chi connectivity index (χ4v) is 8.18. The highest BCUT2D eigenvalue weighted by Gasteiger charge is 2.40. The van der Waals surface area contributed by atoms with Gasteiger partial charge < -0.3 is 4.74 Å². The van der Waals surface area contributed by atoms with E-state index in [9.17, 15) is 18.0 Å². The quantitative estimate of drug-likeness (QED) is 0.182. The normalized spacial score (nSPS) is 29.3. The van der Waals surface area contributed by atoms with E-state index in [0.717, 1.165) is 75.2 Å². The molecule has 0 heterocycles. The van der Waals surface area contributed by atoms with Crippen LogP contribution in [0.1, 0.15) is 145 Å². The third kappa shape index (κ3) is 8.95. The van der Waals surface area contributed by atoms with Crippen molar-refractivity contribution in [2.75, 3.05) is 6.61 Å². The summed E-state index contributed by atoms with van der Waals surface area (Å²) in [7, 11) is 0. The first-order chi connectivity index (χ1) is 19.7. The van der Waals surface area contributed by atoms with E-state index >= 15 is 4.39 Å². The lowest BCUT2D eigenvalue weighted by Crippen LogP contribution is -2.26. The van der Waals surface area contributed by atoms with Gasteiger partial charge in [0, 0.05) is 12.0 Å². The molecule has 0 atom stereocenters. The van der Waals surface area contributed by atoms with Gasteiger partial charge in [0.1, 0.15) is 5.56 Å². The van der Waals surface area contributed by atoms with Gasteiger partial charge in [-0.25, -0.2) is 4.39 Å². The van der Waals surface area contributed by atoms with Crippen LogP contribution in [0.2, 0.25) is 0 Å². The van der Waals surface area contributed by atoms with Crippen LogP contribution in [-0.2, 0) is 6.18 Å².